The minimum atomic E-state index is -0.286. The highest BCUT2D eigenvalue weighted by Crippen LogP contribution is 2.14. The van der Waals surface area contributed by atoms with Crippen molar-refractivity contribution < 1.29 is 9.59 Å². The molecule has 1 amide bonds. The van der Waals surface area contributed by atoms with E-state index in [1.807, 2.05) is 31.0 Å². The van der Waals surface area contributed by atoms with Gasteiger partial charge in [0.2, 0.25) is 5.91 Å². The Balaban J connectivity index is 2.02. The number of aryl methyl sites for hydroxylation is 1. The van der Waals surface area contributed by atoms with Crippen molar-refractivity contribution in [1.29, 1.82) is 0 Å². The van der Waals surface area contributed by atoms with Gasteiger partial charge in [0.15, 0.2) is 5.78 Å². The number of nitrogens with one attached hydrogen (secondary N) is 1. The van der Waals surface area contributed by atoms with Crippen molar-refractivity contribution in [3.63, 3.8) is 0 Å². The van der Waals surface area contributed by atoms with Gasteiger partial charge in [-0.25, -0.2) is 0 Å². The largest absolute Gasteiger partial charge is 0.325 e. The van der Waals surface area contributed by atoms with E-state index in [2.05, 4.69) is 24.4 Å². The number of anilines is 1. The molecule has 0 aliphatic carbocycles. The van der Waals surface area contributed by atoms with Gasteiger partial charge < -0.3 is 5.32 Å². The van der Waals surface area contributed by atoms with E-state index in [0.717, 1.165) is 0 Å². The van der Waals surface area contributed by atoms with Crippen LogP contribution in [0.2, 0.25) is 0 Å². The SMILES string of the molecule is CC(=O)c1cccc(NC(=O)[C@@H](C)N(C)Cc2ccccc2C)c1. The molecule has 126 valence electrons. The number of carbonyl (C=O) groups is 2. The quantitative estimate of drug-likeness (QED) is 0.825. The van der Waals surface area contributed by atoms with Crippen molar-refractivity contribution in [1.82, 2.24) is 4.90 Å². The summed E-state index contributed by atoms with van der Waals surface area (Å²) in [6, 6.07) is 14.9. The predicted molar refractivity (Wildman–Crippen MR) is 97.2 cm³/mol. The lowest BCUT2D eigenvalue weighted by Gasteiger charge is -2.24. The second-order valence-electron chi connectivity index (χ2n) is 6.14. The summed E-state index contributed by atoms with van der Waals surface area (Å²) in [5, 5.41) is 2.89. The summed E-state index contributed by atoms with van der Waals surface area (Å²) in [6.45, 7) is 6.16. The van der Waals surface area contributed by atoms with E-state index in [9.17, 15) is 9.59 Å². The second-order valence-corrected chi connectivity index (χ2v) is 6.14. The molecule has 4 nitrogen and oxygen atoms in total. The summed E-state index contributed by atoms with van der Waals surface area (Å²) in [7, 11) is 1.93. The van der Waals surface area contributed by atoms with Gasteiger partial charge in [-0.1, -0.05) is 36.4 Å². The molecule has 0 radical (unpaired) electrons. The lowest BCUT2D eigenvalue weighted by Crippen LogP contribution is -2.39. The van der Waals surface area contributed by atoms with E-state index in [0.29, 0.717) is 17.8 Å². The maximum absolute atomic E-state index is 12.5. The zero-order valence-electron chi connectivity index (χ0n) is 14.7. The molecular weight excluding hydrogens is 300 g/mol. The molecule has 0 saturated carbocycles. The predicted octanol–water partition coefficient (Wildman–Crippen LogP) is 3.66. The molecule has 0 fully saturated rings. The minimum absolute atomic E-state index is 0.0178. The van der Waals surface area contributed by atoms with Crippen LogP contribution in [0.1, 0.15) is 35.3 Å². The molecule has 0 saturated heterocycles. The zero-order valence-corrected chi connectivity index (χ0v) is 14.7. The van der Waals surface area contributed by atoms with E-state index >= 15 is 0 Å². The van der Waals surface area contributed by atoms with Gasteiger partial charge in [0.1, 0.15) is 0 Å². The summed E-state index contributed by atoms with van der Waals surface area (Å²) < 4.78 is 0. The fraction of sp³-hybridized carbons (Fsp3) is 0.300. The Hall–Kier alpha value is -2.46. The molecule has 1 atom stereocenters. The number of hydrogen-bond acceptors (Lipinski definition) is 3. The molecule has 4 heteroatoms. The number of likely N-dealkylation sites (N-methyl/N-ethyl adjacent to an activating group) is 1. The van der Waals surface area contributed by atoms with Gasteiger partial charge in [-0.3, -0.25) is 14.5 Å². The van der Waals surface area contributed by atoms with Crippen molar-refractivity contribution in [3.8, 4) is 0 Å². The summed E-state index contributed by atoms with van der Waals surface area (Å²) >= 11 is 0. The number of Topliss-reactive ketones (excluding diaryl/α,β-unsaturated/α-hetero) is 1. The summed E-state index contributed by atoms with van der Waals surface area (Å²) in [6.07, 6.45) is 0. The number of ketones is 1. The van der Waals surface area contributed by atoms with Crippen molar-refractivity contribution in [3.05, 3.63) is 65.2 Å². The molecule has 2 aromatic carbocycles. The van der Waals surface area contributed by atoms with E-state index in [4.69, 9.17) is 0 Å². The molecule has 0 aliphatic rings. The van der Waals surface area contributed by atoms with Gasteiger partial charge in [0.25, 0.3) is 0 Å². The minimum Gasteiger partial charge on any atom is -0.325 e. The fourth-order valence-corrected chi connectivity index (χ4v) is 2.46. The Bertz CT molecular complexity index is 740. The molecule has 2 rings (SSSR count). The van der Waals surface area contributed by atoms with Crippen LogP contribution in [0.15, 0.2) is 48.5 Å². The van der Waals surface area contributed by atoms with E-state index in [-0.39, 0.29) is 17.7 Å². The summed E-state index contributed by atoms with van der Waals surface area (Å²) in [4.78, 5) is 25.9. The lowest BCUT2D eigenvalue weighted by molar-refractivity contribution is -0.120. The van der Waals surface area contributed by atoms with Crippen LogP contribution >= 0.6 is 0 Å². The molecule has 24 heavy (non-hydrogen) atoms. The lowest BCUT2D eigenvalue weighted by atomic mass is 10.1. The molecule has 0 aliphatic heterocycles. The second kappa shape index (κ2) is 7.88. The summed E-state index contributed by atoms with van der Waals surface area (Å²) in [5.41, 5.74) is 3.65. The summed E-state index contributed by atoms with van der Waals surface area (Å²) in [5.74, 6) is -0.109. The Kier molecular flexibility index (Phi) is 5.88. The average molecular weight is 324 g/mol. The average Bonchev–Trinajstić information content (AvgIpc) is 2.56. The first-order valence-corrected chi connectivity index (χ1v) is 8.05. The van der Waals surface area contributed by atoms with Crippen molar-refractivity contribution in [2.75, 3.05) is 12.4 Å². The third-order valence-electron chi connectivity index (χ3n) is 4.26. The Labute approximate surface area is 143 Å². The third-order valence-corrected chi connectivity index (χ3v) is 4.26. The number of nitrogens with zero attached hydrogens (tertiary/aromatic N) is 1. The monoisotopic (exact) mass is 324 g/mol. The molecule has 0 unspecified atom stereocenters. The van der Waals surface area contributed by atoms with Crippen LogP contribution < -0.4 is 5.32 Å². The Morgan fingerprint density at radius 2 is 1.83 bits per heavy atom. The van der Waals surface area contributed by atoms with Gasteiger partial charge in [0, 0.05) is 17.8 Å². The maximum Gasteiger partial charge on any atom is 0.241 e. The van der Waals surface area contributed by atoms with Crippen LogP contribution in [0.25, 0.3) is 0 Å². The van der Waals surface area contributed by atoms with E-state index < -0.39 is 0 Å². The molecule has 2 aromatic rings. The first-order chi connectivity index (χ1) is 11.4. The maximum atomic E-state index is 12.5. The standard InChI is InChI=1S/C20H24N2O2/c1-14-8-5-6-9-18(14)13-22(4)15(2)20(24)21-19-11-7-10-17(12-19)16(3)23/h5-12,15H,13H2,1-4H3,(H,21,24)/t15-/m1/s1. The van der Waals surface area contributed by atoms with Crippen molar-refractivity contribution in [2.45, 2.75) is 33.4 Å². The van der Waals surface area contributed by atoms with Crippen LogP contribution in [0, 0.1) is 6.92 Å². The first-order valence-electron chi connectivity index (χ1n) is 8.05. The van der Waals surface area contributed by atoms with Crippen LogP contribution in [-0.4, -0.2) is 29.7 Å². The van der Waals surface area contributed by atoms with Crippen molar-refractivity contribution >= 4 is 17.4 Å². The topological polar surface area (TPSA) is 49.4 Å². The number of amides is 1. The van der Waals surface area contributed by atoms with Gasteiger partial charge in [-0.15, -0.1) is 0 Å². The third kappa shape index (κ3) is 4.52. The normalized spacial score (nSPS) is 12.0. The number of rotatable bonds is 6. The fourth-order valence-electron chi connectivity index (χ4n) is 2.46. The molecule has 0 spiro atoms. The van der Waals surface area contributed by atoms with Gasteiger partial charge in [-0.2, -0.15) is 0 Å². The highest BCUT2D eigenvalue weighted by atomic mass is 16.2. The Morgan fingerprint density at radius 1 is 1.12 bits per heavy atom. The van der Waals surface area contributed by atoms with Crippen LogP contribution in [0.5, 0.6) is 0 Å². The van der Waals surface area contributed by atoms with Gasteiger partial charge >= 0.3 is 0 Å². The van der Waals surface area contributed by atoms with E-state index in [1.54, 1.807) is 24.3 Å². The molecular formula is C20H24N2O2. The van der Waals surface area contributed by atoms with Crippen LogP contribution in [0.3, 0.4) is 0 Å². The van der Waals surface area contributed by atoms with Crippen LogP contribution in [0.4, 0.5) is 5.69 Å². The zero-order chi connectivity index (χ0) is 17.7. The van der Waals surface area contributed by atoms with Gasteiger partial charge in [-0.05, 0) is 51.1 Å². The number of benzene rings is 2. The first kappa shape index (κ1) is 17.9. The smallest absolute Gasteiger partial charge is 0.241 e. The highest BCUT2D eigenvalue weighted by Gasteiger charge is 2.19. The molecule has 0 aromatic heterocycles. The molecule has 0 bridgehead atoms. The number of hydrogen-bond donors (Lipinski definition) is 1. The highest BCUT2D eigenvalue weighted by molar-refractivity contribution is 5.98. The Morgan fingerprint density at radius 3 is 2.50 bits per heavy atom. The molecule has 1 N–H and O–H groups in total. The van der Waals surface area contributed by atoms with Crippen molar-refractivity contribution in [2.24, 2.45) is 0 Å². The number of carbonyl (C=O) groups excluding carboxylic acids is 2. The van der Waals surface area contributed by atoms with E-state index in [1.165, 1.54) is 18.1 Å². The van der Waals surface area contributed by atoms with Gasteiger partial charge in [0.05, 0.1) is 6.04 Å². The van der Waals surface area contributed by atoms with Crippen LogP contribution in [-0.2, 0) is 11.3 Å². The molecule has 0 heterocycles.